The van der Waals surface area contributed by atoms with Crippen molar-refractivity contribution in [3.8, 4) is 5.75 Å². The highest BCUT2D eigenvalue weighted by Gasteiger charge is 2.03. The first-order valence-electron chi connectivity index (χ1n) is 8.34. The van der Waals surface area contributed by atoms with Crippen molar-refractivity contribution in [1.29, 1.82) is 0 Å². The topological polar surface area (TPSA) is 71.5 Å². The first kappa shape index (κ1) is 17.7. The second kappa shape index (κ2) is 8.29. The summed E-state index contributed by atoms with van der Waals surface area (Å²) in [4.78, 5) is 14.9. The number of fused-ring (bicyclic) bond motifs is 1. The number of anilines is 1. The molecule has 2 aromatic carbocycles. The number of pyridine rings is 1. The maximum atomic E-state index is 13.3. The number of aromatic nitrogens is 1. The first-order chi connectivity index (χ1) is 12.6. The highest BCUT2D eigenvalue weighted by molar-refractivity contribution is 5.78. The van der Waals surface area contributed by atoms with Gasteiger partial charge in [-0.2, -0.15) is 0 Å². The van der Waals surface area contributed by atoms with Crippen molar-refractivity contribution >= 4 is 22.6 Å². The van der Waals surface area contributed by atoms with E-state index in [1.54, 1.807) is 6.07 Å². The molecule has 0 spiro atoms. The van der Waals surface area contributed by atoms with Crippen LogP contribution in [0.2, 0.25) is 0 Å². The van der Waals surface area contributed by atoms with Crippen LogP contribution in [0.1, 0.15) is 18.5 Å². The zero-order chi connectivity index (χ0) is 18.4. The molecule has 0 saturated carbocycles. The predicted molar refractivity (Wildman–Crippen MR) is 97.8 cm³/mol. The summed E-state index contributed by atoms with van der Waals surface area (Å²) in [5, 5.41) is 12.7. The smallest absolute Gasteiger partial charge is 0.303 e. The number of nitrogens with zero attached hydrogens (tertiary/aromatic N) is 1. The minimum absolute atomic E-state index is 0.136. The molecule has 6 heteroatoms. The molecule has 134 valence electrons. The highest BCUT2D eigenvalue weighted by Crippen LogP contribution is 2.19. The Hall–Kier alpha value is -3.15. The van der Waals surface area contributed by atoms with E-state index in [0.717, 1.165) is 11.1 Å². The Morgan fingerprint density at radius 1 is 1.15 bits per heavy atom. The van der Waals surface area contributed by atoms with Crippen molar-refractivity contribution in [2.45, 2.75) is 19.4 Å². The molecular weight excluding hydrogens is 335 g/mol. The number of benzene rings is 2. The molecule has 5 nitrogen and oxygen atoms in total. The molecule has 1 aromatic heterocycles. The molecule has 0 fully saturated rings. The predicted octanol–water partition coefficient (Wildman–Crippen LogP) is 4.23. The lowest BCUT2D eigenvalue weighted by Gasteiger charge is -2.10. The molecule has 3 aromatic rings. The number of carbonyl (C=O) groups is 1. The van der Waals surface area contributed by atoms with E-state index in [1.165, 1.54) is 12.1 Å². The molecule has 0 aliphatic heterocycles. The Morgan fingerprint density at radius 2 is 2.00 bits per heavy atom. The number of hydrogen-bond donors (Lipinski definition) is 2. The number of aliphatic carboxylic acids is 1. The molecule has 0 saturated heterocycles. The fourth-order valence-electron chi connectivity index (χ4n) is 2.54. The summed E-state index contributed by atoms with van der Waals surface area (Å²) >= 11 is 0. The van der Waals surface area contributed by atoms with Crippen molar-refractivity contribution < 1.29 is 19.0 Å². The van der Waals surface area contributed by atoms with E-state index in [1.807, 2.05) is 36.4 Å². The molecule has 0 atom stereocenters. The lowest BCUT2D eigenvalue weighted by Crippen LogP contribution is -2.05. The van der Waals surface area contributed by atoms with Gasteiger partial charge in [-0.1, -0.05) is 12.1 Å². The highest BCUT2D eigenvalue weighted by atomic mass is 19.1. The Morgan fingerprint density at radius 3 is 2.85 bits per heavy atom. The van der Waals surface area contributed by atoms with Crippen LogP contribution in [0.3, 0.4) is 0 Å². The Bertz CT molecular complexity index is 914. The van der Waals surface area contributed by atoms with Crippen LogP contribution in [0, 0.1) is 5.82 Å². The van der Waals surface area contributed by atoms with Crippen LogP contribution in [0.4, 0.5) is 10.1 Å². The van der Waals surface area contributed by atoms with Crippen molar-refractivity contribution in [2.75, 3.05) is 11.9 Å². The largest absolute Gasteiger partial charge is 0.487 e. The van der Waals surface area contributed by atoms with Gasteiger partial charge in [0.2, 0.25) is 0 Å². The number of nitrogens with one attached hydrogen (secondary N) is 1. The van der Waals surface area contributed by atoms with E-state index >= 15 is 0 Å². The quantitative estimate of drug-likeness (QED) is 0.592. The summed E-state index contributed by atoms with van der Waals surface area (Å²) in [6.07, 6.45) is 0.690. The third-order valence-electron chi connectivity index (χ3n) is 3.83. The molecule has 0 amide bonds. The minimum atomic E-state index is -0.799. The first-order valence-corrected chi connectivity index (χ1v) is 8.34. The van der Waals surface area contributed by atoms with Crippen LogP contribution >= 0.6 is 0 Å². The zero-order valence-corrected chi connectivity index (χ0v) is 14.1. The van der Waals surface area contributed by atoms with Crippen LogP contribution in [-0.2, 0) is 11.4 Å². The zero-order valence-electron chi connectivity index (χ0n) is 14.1. The van der Waals surface area contributed by atoms with Crippen LogP contribution in [0.5, 0.6) is 5.75 Å². The van der Waals surface area contributed by atoms with Gasteiger partial charge in [-0.25, -0.2) is 9.37 Å². The molecule has 3 rings (SSSR count). The van der Waals surface area contributed by atoms with Crippen molar-refractivity contribution in [3.05, 3.63) is 66.1 Å². The number of rotatable bonds is 8. The monoisotopic (exact) mass is 354 g/mol. The van der Waals surface area contributed by atoms with E-state index in [0.29, 0.717) is 29.9 Å². The molecule has 1 heterocycles. The average Bonchev–Trinajstić information content (AvgIpc) is 2.63. The SMILES string of the molecule is O=C(O)CCCNc1cccc(OCc2ccc3ccc(F)cc3n2)c1. The molecule has 2 N–H and O–H groups in total. The molecule has 0 aliphatic carbocycles. The molecule has 26 heavy (non-hydrogen) atoms. The van der Waals surface area contributed by atoms with Gasteiger partial charge >= 0.3 is 5.97 Å². The normalized spacial score (nSPS) is 10.7. The van der Waals surface area contributed by atoms with Crippen LogP contribution in [-0.4, -0.2) is 22.6 Å². The summed E-state index contributed by atoms with van der Waals surface area (Å²) in [6, 6.07) is 15.7. The third-order valence-corrected chi connectivity index (χ3v) is 3.83. The van der Waals surface area contributed by atoms with Crippen molar-refractivity contribution in [1.82, 2.24) is 4.98 Å². The maximum Gasteiger partial charge on any atom is 0.303 e. The van der Waals surface area contributed by atoms with Gasteiger partial charge in [0.15, 0.2) is 0 Å². The van der Waals surface area contributed by atoms with Gasteiger partial charge in [0.25, 0.3) is 0 Å². The van der Waals surface area contributed by atoms with Gasteiger partial charge in [-0.3, -0.25) is 4.79 Å². The Labute approximate surface area is 150 Å². The minimum Gasteiger partial charge on any atom is -0.487 e. The second-order valence-corrected chi connectivity index (χ2v) is 5.88. The van der Waals surface area contributed by atoms with E-state index in [9.17, 15) is 9.18 Å². The van der Waals surface area contributed by atoms with Crippen molar-refractivity contribution in [2.24, 2.45) is 0 Å². The van der Waals surface area contributed by atoms with Crippen LogP contribution < -0.4 is 10.1 Å². The standard InChI is InChI=1S/C20H19FN2O3/c21-15-8-6-14-7-9-17(23-19(14)11-15)13-26-18-4-1-3-16(12-18)22-10-2-5-20(24)25/h1,3-4,6-9,11-12,22H,2,5,10,13H2,(H,24,25). The van der Waals surface area contributed by atoms with Gasteiger partial charge in [0.05, 0.1) is 11.2 Å². The summed E-state index contributed by atoms with van der Waals surface area (Å²) in [5.74, 6) is -0.439. The summed E-state index contributed by atoms with van der Waals surface area (Å²) in [5.41, 5.74) is 2.17. The number of carboxylic acids is 1. The van der Waals surface area contributed by atoms with E-state index < -0.39 is 5.97 Å². The maximum absolute atomic E-state index is 13.3. The number of halogens is 1. The lowest BCUT2D eigenvalue weighted by molar-refractivity contribution is -0.137. The van der Waals surface area contributed by atoms with Crippen LogP contribution in [0.25, 0.3) is 10.9 Å². The molecule has 0 aliphatic rings. The molecule has 0 radical (unpaired) electrons. The average molecular weight is 354 g/mol. The van der Waals surface area contributed by atoms with Crippen LogP contribution in [0.15, 0.2) is 54.6 Å². The van der Waals surface area contributed by atoms with Gasteiger partial charge in [-0.05, 0) is 36.8 Å². The fourth-order valence-corrected chi connectivity index (χ4v) is 2.54. The molecular formula is C20H19FN2O3. The number of carboxylic acid groups (broad SMARTS) is 1. The fraction of sp³-hybridized carbons (Fsp3) is 0.200. The van der Waals surface area contributed by atoms with E-state index in [2.05, 4.69) is 10.3 Å². The summed E-state index contributed by atoms with van der Waals surface area (Å²) in [7, 11) is 0. The Balaban J connectivity index is 1.59. The van der Waals surface area contributed by atoms with Gasteiger partial charge in [0, 0.05) is 36.2 Å². The lowest BCUT2D eigenvalue weighted by atomic mass is 10.2. The molecule has 0 bridgehead atoms. The molecule has 0 unspecified atom stereocenters. The Kier molecular flexibility index (Phi) is 5.63. The number of hydrogen-bond acceptors (Lipinski definition) is 4. The van der Waals surface area contributed by atoms with Crippen molar-refractivity contribution in [3.63, 3.8) is 0 Å². The van der Waals surface area contributed by atoms with E-state index in [4.69, 9.17) is 9.84 Å². The van der Waals surface area contributed by atoms with Gasteiger partial charge < -0.3 is 15.2 Å². The van der Waals surface area contributed by atoms with Gasteiger partial charge in [-0.15, -0.1) is 0 Å². The van der Waals surface area contributed by atoms with E-state index in [-0.39, 0.29) is 18.8 Å². The summed E-state index contributed by atoms with van der Waals surface area (Å²) < 4.78 is 19.1. The third kappa shape index (κ3) is 4.92. The number of ether oxygens (including phenoxy) is 1. The van der Waals surface area contributed by atoms with Gasteiger partial charge in [0.1, 0.15) is 18.2 Å². The second-order valence-electron chi connectivity index (χ2n) is 5.88. The summed E-state index contributed by atoms with van der Waals surface area (Å²) in [6.45, 7) is 0.850.